The van der Waals surface area contributed by atoms with Gasteiger partial charge in [-0.05, 0) is 50.2 Å². The third-order valence-electron chi connectivity index (χ3n) is 5.53. The van der Waals surface area contributed by atoms with E-state index in [4.69, 9.17) is 9.15 Å². The van der Waals surface area contributed by atoms with Crippen LogP contribution in [0.25, 0.3) is 28.0 Å². The second kappa shape index (κ2) is 10.7. The highest BCUT2D eigenvalue weighted by molar-refractivity contribution is 7.99. The topological polar surface area (TPSA) is 95.1 Å². The van der Waals surface area contributed by atoms with Crippen LogP contribution >= 0.6 is 11.8 Å². The summed E-state index contributed by atoms with van der Waals surface area (Å²) in [5.41, 5.74) is 2.43. The molecule has 0 spiro atoms. The molecule has 0 bridgehead atoms. The monoisotopic (exact) mass is 499 g/mol. The maximum absolute atomic E-state index is 12.8. The van der Waals surface area contributed by atoms with Crippen LogP contribution < -0.4 is 10.1 Å². The number of benzene rings is 2. The lowest BCUT2D eigenvalue weighted by molar-refractivity contribution is -0.119. The van der Waals surface area contributed by atoms with Gasteiger partial charge in [0.05, 0.1) is 18.4 Å². The number of thioether (sulfide) groups is 1. The minimum Gasteiger partial charge on any atom is -0.490 e. The molecule has 3 aromatic heterocycles. The van der Waals surface area contributed by atoms with Crippen molar-refractivity contribution in [1.82, 2.24) is 25.1 Å². The SMILES string of the molecule is CCOc1cccc2cc(C(C)NC(=O)CSc3nnc(-c4cccnc4)n3-c3ccccc3)oc12. The third-order valence-corrected chi connectivity index (χ3v) is 6.46. The van der Waals surface area contributed by atoms with Crippen LogP contribution in [0.3, 0.4) is 0 Å². The number of hydrogen-bond donors (Lipinski definition) is 1. The minimum absolute atomic E-state index is 0.136. The van der Waals surface area contributed by atoms with E-state index in [2.05, 4.69) is 20.5 Å². The van der Waals surface area contributed by atoms with Gasteiger partial charge in [-0.15, -0.1) is 10.2 Å². The zero-order chi connectivity index (χ0) is 24.9. The van der Waals surface area contributed by atoms with Gasteiger partial charge in [-0.2, -0.15) is 0 Å². The lowest BCUT2D eigenvalue weighted by Crippen LogP contribution is -2.28. The normalized spacial score (nSPS) is 11.9. The Bertz CT molecular complexity index is 1470. The lowest BCUT2D eigenvalue weighted by Gasteiger charge is -2.12. The van der Waals surface area contributed by atoms with E-state index >= 15 is 0 Å². The number of nitrogens with zero attached hydrogens (tertiary/aromatic N) is 4. The summed E-state index contributed by atoms with van der Waals surface area (Å²) in [5, 5.41) is 13.3. The van der Waals surface area contributed by atoms with Crippen molar-refractivity contribution in [1.29, 1.82) is 0 Å². The number of carbonyl (C=O) groups excluding carboxylic acids is 1. The summed E-state index contributed by atoms with van der Waals surface area (Å²) in [5.74, 6) is 2.07. The number of rotatable bonds is 9. The summed E-state index contributed by atoms with van der Waals surface area (Å²) in [4.78, 5) is 17.0. The summed E-state index contributed by atoms with van der Waals surface area (Å²) < 4.78 is 13.6. The maximum atomic E-state index is 12.8. The van der Waals surface area contributed by atoms with E-state index in [0.29, 0.717) is 34.7 Å². The average molecular weight is 500 g/mol. The van der Waals surface area contributed by atoms with Crippen molar-refractivity contribution in [3.8, 4) is 22.8 Å². The Morgan fingerprint density at radius 3 is 2.75 bits per heavy atom. The third kappa shape index (κ3) is 4.96. The van der Waals surface area contributed by atoms with Crippen LogP contribution in [0.15, 0.2) is 88.7 Å². The first-order valence-corrected chi connectivity index (χ1v) is 12.6. The molecule has 0 radical (unpaired) electrons. The number of ether oxygens (including phenoxy) is 1. The van der Waals surface area contributed by atoms with Gasteiger partial charge < -0.3 is 14.5 Å². The van der Waals surface area contributed by atoms with E-state index in [9.17, 15) is 4.79 Å². The van der Waals surface area contributed by atoms with Crippen molar-refractivity contribution in [2.24, 2.45) is 0 Å². The number of pyridine rings is 1. The Morgan fingerprint density at radius 2 is 1.97 bits per heavy atom. The molecule has 0 aliphatic rings. The molecule has 0 saturated heterocycles. The molecule has 1 unspecified atom stereocenters. The Labute approximate surface area is 212 Å². The zero-order valence-corrected chi connectivity index (χ0v) is 20.7. The van der Waals surface area contributed by atoms with Gasteiger partial charge in [0.15, 0.2) is 22.3 Å². The number of carbonyl (C=O) groups is 1. The van der Waals surface area contributed by atoms with Gasteiger partial charge in [0.1, 0.15) is 5.76 Å². The molecule has 182 valence electrons. The van der Waals surface area contributed by atoms with E-state index in [0.717, 1.165) is 16.6 Å². The Morgan fingerprint density at radius 1 is 1.11 bits per heavy atom. The van der Waals surface area contributed by atoms with E-state index in [1.165, 1.54) is 11.8 Å². The molecule has 1 amide bonds. The molecule has 0 aliphatic heterocycles. The van der Waals surface area contributed by atoms with Crippen molar-refractivity contribution < 1.29 is 13.9 Å². The van der Waals surface area contributed by atoms with Crippen LogP contribution in [0.4, 0.5) is 0 Å². The van der Waals surface area contributed by atoms with Crippen molar-refractivity contribution >= 4 is 28.6 Å². The first-order chi connectivity index (χ1) is 17.6. The summed E-state index contributed by atoms with van der Waals surface area (Å²) in [6, 6.07) is 21.0. The number of hydrogen-bond acceptors (Lipinski definition) is 7. The molecule has 36 heavy (non-hydrogen) atoms. The zero-order valence-electron chi connectivity index (χ0n) is 19.9. The smallest absolute Gasteiger partial charge is 0.231 e. The highest BCUT2D eigenvalue weighted by Gasteiger charge is 2.20. The fraction of sp³-hybridized carbons (Fsp3) is 0.185. The fourth-order valence-electron chi connectivity index (χ4n) is 3.88. The predicted molar refractivity (Wildman–Crippen MR) is 139 cm³/mol. The molecular weight excluding hydrogens is 474 g/mol. The van der Waals surface area contributed by atoms with Crippen LogP contribution in [0.5, 0.6) is 5.75 Å². The van der Waals surface area contributed by atoms with Gasteiger partial charge in [0.2, 0.25) is 5.91 Å². The summed E-state index contributed by atoms with van der Waals surface area (Å²) >= 11 is 1.32. The van der Waals surface area contributed by atoms with E-state index in [-0.39, 0.29) is 17.7 Å². The Balaban J connectivity index is 1.31. The van der Waals surface area contributed by atoms with Gasteiger partial charge in [-0.25, -0.2) is 0 Å². The average Bonchev–Trinajstić information content (AvgIpc) is 3.54. The number of aromatic nitrogens is 4. The molecular formula is C27H25N5O3S. The molecule has 0 aliphatic carbocycles. The van der Waals surface area contributed by atoms with Crippen molar-refractivity contribution in [3.05, 3.63) is 84.9 Å². The van der Waals surface area contributed by atoms with E-state index < -0.39 is 0 Å². The van der Waals surface area contributed by atoms with Crippen molar-refractivity contribution in [2.45, 2.75) is 25.0 Å². The summed E-state index contributed by atoms with van der Waals surface area (Å²) in [6.45, 7) is 4.38. The molecule has 2 aromatic carbocycles. The largest absolute Gasteiger partial charge is 0.490 e. The second-order valence-electron chi connectivity index (χ2n) is 8.05. The van der Waals surface area contributed by atoms with Crippen LogP contribution in [0.1, 0.15) is 25.6 Å². The van der Waals surface area contributed by atoms with Crippen molar-refractivity contribution in [3.63, 3.8) is 0 Å². The van der Waals surface area contributed by atoms with Crippen LogP contribution in [-0.4, -0.2) is 38.0 Å². The lowest BCUT2D eigenvalue weighted by atomic mass is 10.2. The van der Waals surface area contributed by atoms with Crippen LogP contribution in [0, 0.1) is 0 Å². The molecule has 0 saturated carbocycles. The molecule has 5 aromatic rings. The molecule has 9 heteroatoms. The molecule has 1 N–H and O–H groups in total. The maximum Gasteiger partial charge on any atom is 0.231 e. The highest BCUT2D eigenvalue weighted by Crippen LogP contribution is 2.31. The molecule has 0 fully saturated rings. The van der Waals surface area contributed by atoms with Gasteiger partial charge in [0.25, 0.3) is 0 Å². The van der Waals surface area contributed by atoms with Crippen LogP contribution in [-0.2, 0) is 4.79 Å². The fourth-order valence-corrected chi connectivity index (χ4v) is 4.64. The van der Waals surface area contributed by atoms with E-state index in [1.807, 2.05) is 85.1 Å². The minimum atomic E-state index is -0.307. The van der Waals surface area contributed by atoms with Gasteiger partial charge in [-0.3, -0.25) is 14.3 Å². The number of nitrogens with one attached hydrogen (secondary N) is 1. The first kappa shape index (κ1) is 23.6. The number of amides is 1. The Hall–Kier alpha value is -4.11. The number of fused-ring (bicyclic) bond motifs is 1. The molecule has 1 atom stereocenters. The van der Waals surface area contributed by atoms with Gasteiger partial charge in [-0.1, -0.05) is 42.1 Å². The van der Waals surface area contributed by atoms with Gasteiger partial charge >= 0.3 is 0 Å². The van der Waals surface area contributed by atoms with Gasteiger partial charge in [0, 0.05) is 29.0 Å². The summed E-state index contributed by atoms with van der Waals surface area (Å²) in [6.07, 6.45) is 3.46. The molecule has 8 nitrogen and oxygen atoms in total. The van der Waals surface area contributed by atoms with Crippen molar-refractivity contribution in [2.75, 3.05) is 12.4 Å². The first-order valence-electron chi connectivity index (χ1n) is 11.6. The highest BCUT2D eigenvalue weighted by atomic mass is 32.2. The Kier molecular flexibility index (Phi) is 6.99. The quantitative estimate of drug-likeness (QED) is 0.270. The van der Waals surface area contributed by atoms with Crippen LogP contribution in [0.2, 0.25) is 0 Å². The number of para-hydroxylation sites is 2. The van der Waals surface area contributed by atoms with E-state index in [1.54, 1.807) is 12.4 Å². The standard InChI is InChI=1S/C27H25N5O3S/c1-3-34-22-13-7-9-19-15-23(35-25(19)22)18(2)29-24(33)17-36-27-31-30-26(20-10-8-14-28-16-20)32(27)21-11-5-4-6-12-21/h4-16,18H,3,17H2,1-2H3,(H,29,33). The predicted octanol–water partition coefficient (Wildman–Crippen LogP) is 5.44. The molecule has 3 heterocycles. The number of furan rings is 1. The molecule has 5 rings (SSSR count). The summed E-state index contributed by atoms with van der Waals surface area (Å²) in [7, 11) is 0. The second-order valence-corrected chi connectivity index (χ2v) is 9.00.